The number of ether oxygens (including phenoxy) is 1. The van der Waals surface area contributed by atoms with Crippen LogP contribution in [0.3, 0.4) is 0 Å². The van der Waals surface area contributed by atoms with Crippen LogP contribution in [0.1, 0.15) is 19.4 Å². The molecule has 0 bridgehead atoms. The number of morpholine rings is 1. The number of nitrogens with zero attached hydrogens (tertiary/aromatic N) is 8. The molecule has 32 heavy (non-hydrogen) atoms. The second-order valence-corrected chi connectivity index (χ2v) is 8.14. The minimum absolute atomic E-state index is 0.0414. The van der Waals surface area contributed by atoms with Crippen LogP contribution >= 0.6 is 0 Å². The Labute approximate surface area is 184 Å². The number of nitrogens with two attached hydrogens (primary N) is 2. The Morgan fingerprint density at radius 2 is 1.91 bits per heavy atom. The zero-order valence-electron chi connectivity index (χ0n) is 17.9. The maximum absolute atomic E-state index is 12.4. The van der Waals surface area contributed by atoms with Crippen LogP contribution < -0.4 is 16.4 Å². The fraction of sp³-hybridized carbons (Fsp3) is 0.500. The number of hydrogen-bond acceptors (Lipinski definition) is 10. The van der Waals surface area contributed by atoms with Gasteiger partial charge in [-0.3, -0.25) is 4.79 Å². The van der Waals surface area contributed by atoms with Gasteiger partial charge in [0.2, 0.25) is 17.8 Å². The van der Waals surface area contributed by atoms with Gasteiger partial charge in [-0.1, -0.05) is 0 Å². The third-order valence-electron chi connectivity index (χ3n) is 5.91. The molecule has 5 rings (SSSR count). The van der Waals surface area contributed by atoms with E-state index in [4.69, 9.17) is 26.2 Å². The lowest BCUT2D eigenvalue weighted by molar-refractivity contribution is -0.131. The number of carbonyl (C=O) groups excluding carboxylic acids is 1. The monoisotopic (exact) mass is 438 g/mol. The van der Waals surface area contributed by atoms with E-state index < -0.39 is 6.04 Å². The molecule has 12 heteroatoms. The van der Waals surface area contributed by atoms with E-state index in [1.165, 1.54) is 0 Å². The molecule has 0 aromatic carbocycles. The van der Waals surface area contributed by atoms with E-state index in [1.807, 2.05) is 4.57 Å². The number of amides is 1. The highest BCUT2D eigenvalue weighted by Crippen LogP contribution is 2.31. The van der Waals surface area contributed by atoms with Gasteiger partial charge in [0.1, 0.15) is 11.2 Å². The average Bonchev–Trinajstić information content (AvgIpc) is 3.46. The molecule has 2 unspecified atom stereocenters. The van der Waals surface area contributed by atoms with Gasteiger partial charge in [-0.25, -0.2) is 19.9 Å². The number of aromatic nitrogens is 6. The summed E-state index contributed by atoms with van der Waals surface area (Å²) in [6, 6.07) is -0.452. The summed E-state index contributed by atoms with van der Waals surface area (Å²) in [5.41, 5.74) is 14.2. The molecule has 5 heterocycles. The van der Waals surface area contributed by atoms with Crippen molar-refractivity contribution in [3.8, 4) is 11.3 Å². The summed E-state index contributed by atoms with van der Waals surface area (Å²) in [5.74, 6) is 0.763. The molecule has 0 aliphatic carbocycles. The molecule has 0 radical (unpaired) electrons. The number of imidazole rings is 1. The van der Waals surface area contributed by atoms with Crippen LogP contribution in [-0.2, 0) is 9.53 Å². The van der Waals surface area contributed by atoms with Gasteiger partial charge < -0.3 is 30.6 Å². The van der Waals surface area contributed by atoms with Gasteiger partial charge in [0, 0.05) is 44.1 Å². The van der Waals surface area contributed by atoms with E-state index in [-0.39, 0.29) is 17.9 Å². The quantitative estimate of drug-likeness (QED) is 0.560. The first-order valence-electron chi connectivity index (χ1n) is 10.7. The number of nitrogen functional groups attached to an aromatic ring is 1. The highest BCUT2D eigenvalue weighted by atomic mass is 16.5. The van der Waals surface area contributed by atoms with Crippen molar-refractivity contribution in [3.05, 3.63) is 18.7 Å². The second kappa shape index (κ2) is 8.28. The predicted octanol–water partition coefficient (Wildman–Crippen LogP) is -0.177. The molecule has 3 aromatic rings. The molecule has 2 aliphatic rings. The fourth-order valence-corrected chi connectivity index (χ4v) is 4.20. The van der Waals surface area contributed by atoms with E-state index >= 15 is 0 Å². The Morgan fingerprint density at radius 3 is 2.62 bits per heavy atom. The molecule has 2 fully saturated rings. The highest BCUT2D eigenvalue weighted by Gasteiger charge is 2.31. The van der Waals surface area contributed by atoms with Crippen molar-refractivity contribution in [2.24, 2.45) is 5.73 Å². The van der Waals surface area contributed by atoms with Crippen LogP contribution in [0.2, 0.25) is 0 Å². The third kappa shape index (κ3) is 3.71. The molecular formula is C20H26N10O2. The van der Waals surface area contributed by atoms with Gasteiger partial charge in [0.15, 0.2) is 5.65 Å². The van der Waals surface area contributed by atoms with Crippen molar-refractivity contribution in [1.82, 2.24) is 34.4 Å². The summed E-state index contributed by atoms with van der Waals surface area (Å²) < 4.78 is 7.52. The van der Waals surface area contributed by atoms with Crippen molar-refractivity contribution in [2.75, 3.05) is 50.0 Å². The Kier molecular flexibility index (Phi) is 5.31. The SMILES string of the molecule is CC(N)C(=O)N1CCC(n2cnc3c(-c4cnc(N)nc4)nc(N4CCOCC4)nc32)C1. The Balaban J connectivity index is 1.57. The molecule has 2 atom stereocenters. The topological polar surface area (TPSA) is 154 Å². The molecule has 12 nitrogen and oxygen atoms in total. The van der Waals surface area contributed by atoms with Crippen molar-refractivity contribution in [3.63, 3.8) is 0 Å². The van der Waals surface area contributed by atoms with Gasteiger partial charge in [0.05, 0.1) is 31.6 Å². The first kappa shape index (κ1) is 20.5. The largest absolute Gasteiger partial charge is 0.378 e. The highest BCUT2D eigenvalue weighted by molar-refractivity contribution is 5.88. The normalized spacial score (nSPS) is 20.1. The lowest BCUT2D eigenvalue weighted by atomic mass is 10.2. The van der Waals surface area contributed by atoms with Crippen LogP contribution in [0.25, 0.3) is 22.4 Å². The lowest BCUT2D eigenvalue weighted by Gasteiger charge is -2.27. The molecule has 0 saturated carbocycles. The van der Waals surface area contributed by atoms with Crippen LogP contribution in [-0.4, -0.2) is 85.7 Å². The molecular weight excluding hydrogens is 412 g/mol. The molecule has 4 N–H and O–H groups in total. The Bertz CT molecular complexity index is 1120. The van der Waals surface area contributed by atoms with E-state index in [2.05, 4.69) is 19.9 Å². The van der Waals surface area contributed by atoms with E-state index in [0.29, 0.717) is 67.8 Å². The summed E-state index contributed by atoms with van der Waals surface area (Å²) >= 11 is 0. The van der Waals surface area contributed by atoms with Gasteiger partial charge in [-0.15, -0.1) is 0 Å². The van der Waals surface area contributed by atoms with Gasteiger partial charge in [-0.2, -0.15) is 4.98 Å². The van der Waals surface area contributed by atoms with Crippen molar-refractivity contribution in [2.45, 2.75) is 25.4 Å². The minimum atomic E-state index is -0.513. The lowest BCUT2D eigenvalue weighted by Crippen LogP contribution is -2.40. The number of hydrogen-bond donors (Lipinski definition) is 2. The zero-order chi connectivity index (χ0) is 22.2. The van der Waals surface area contributed by atoms with E-state index in [0.717, 1.165) is 6.42 Å². The second-order valence-electron chi connectivity index (χ2n) is 8.14. The Hall–Kier alpha value is -3.38. The number of carbonyl (C=O) groups is 1. The Morgan fingerprint density at radius 1 is 1.16 bits per heavy atom. The maximum Gasteiger partial charge on any atom is 0.239 e. The van der Waals surface area contributed by atoms with Gasteiger partial charge in [-0.05, 0) is 13.3 Å². The van der Waals surface area contributed by atoms with Crippen LogP contribution in [0.15, 0.2) is 18.7 Å². The number of fused-ring (bicyclic) bond motifs is 1. The first-order valence-corrected chi connectivity index (χ1v) is 10.7. The molecule has 1 amide bonds. The zero-order valence-corrected chi connectivity index (χ0v) is 17.9. The number of rotatable bonds is 4. The van der Waals surface area contributed by atoms with Gasteiger partial charge >= 0.3 is 0 Å². The van der Waals surface area contributed by atoms with Crippen LogP contribution in [0.4, 0.5) is 11.9 Å². The van der Waals surface area contributed by atoms with Crippen molar-refractivity contribution < 1.29 is 9.53 Å². The maximum atomic E-state index is 12.4. The molecule has 0 spiro atoms. The standard InChI is InChI=1S/C20H26N10O2/c1-12(21)18(31)29-3-2-14(10-29)30-11-25-16-15(13-8-23-19(22)24-9-13)26-20(27-17(16)30)28-4-6-32-7-5-28/h8-9,11-12,14H,2-7,10,21H2,1H3,(H2,22,23,24). The predicted molar refractivity (Wildman–Crippen MR) is 118 cm³/mol. The van der Waals surface area contributed by atoms with Crippen LogP contribution in [0.5, 0.6) is 0 Å². The van der Waals surface area contributed by atoms with E-state index in [9.17, 15) is 4.79 Å². The smallest absolute Gasteiger partial charge is 0.239 e. The summed E-state index contributed by atoms with van der Waals surface area (Å²) in [7, 11) is 0. The average molecular weight is 438 g/mol. The van der Waals surface area contributed by atoms with Crippen LogP contribution in [0, 0.1) is 0 Å². The van der Waals surface area contributed by atoms with Crippen molar-refractivity contribution >= 4 is 29.0 Å². The fourth-order valence-electron chi connectivity index (χ4n) is 4.20. The molecule has 2 saturated heterocycles. The third-order valence-corrected chi connectivity index (χ3v) is 5.91. The number of likely N-dealkylation sites (tertiary alicyclic amines) is 1. The van der Waals surface area contributed by atoms with Gasteiger partial charge in [0.25, 0.3) is 0 Å². The minimum Gasteiger partial charge on any atom is -0.378 e. The van der Waals surface area contributed by atoms with Crippen molar-refractivity contribution in [1.29, 1.82) is 0 Å². The molecule has 2 aliphatic heterocycles. The summed E-state index contributed by atoms with van der Waals surface area (Å²) in [4.78, 5) is 38.8. The van der Waals surface area contributed by atoms with E-state index in [1.54, 1.807) is 30.5 Å². The summed E-state index contributed by atoms with van der Waals surface area (Å²) in [6.45, 7) is 5.60. The molecule has 168 valence electrons. The summed E-state index contributed by atoms with van der Waals surface area (Å²) in [6.07, 6.45) is 5.87. The first-order chi connectivity index (χ1) is 15.5. The summed E-state index contributed by atoms with van der Waals surface area (Å²) in [5, 5.41) is 0. The number of anilines is 2. The molecule has 3 aromatic heterocycles.